The van der Waals surface area contributed by atoms with E-state index in [1.165, 1.54) is 0 Å². The van der Waals surface area contributed by atoms with Crippen molar-refractivity contribution in [3.8, 4) is 0 Å². The summed E-state index contributed by atoms with van der Waals surface area (Å²) in [5.41, 5.74) is 0. The van der Waals surface area contributed by atoms with Crippen LogP contribution in [0, 0.1) is 0 Å². The Kier molecular flexibility index (Phi) is 5.93. The Morgan fingerprint density at radius 1 is 1.25 bits per heavy atom. The predicted molar refractivity (Wildman–Crippen MR) is 45.6 cm³/mol. The van der Waals surface area contributed by atoms with Gasteiger partial charge in [-0.25, -0.2) is 0 Å². The molecule has 0 spiro atoms. The topological polar surface area (TPSA) is 0 Å². The van der Waals surface area contributed by atoms with Crippen LogP contribution in [0.15, 0.2) is 23.6 Å². The zero-order valence-electron chi connectivity index (χ0n) is 4.24. The Bertz CT molecular complexity index is 86.6. The van der Waals surface area contributed by atoms with E-state index in [1.807, 2.05) is 10.8 Å². The lowest BCUT2D eigenvalue weighted by atomic mass is 10.5. The maximum atomic E-state index is 2.15. The summed E-state index contributed by atoms with van der Waals surface area (Å²) in [5, 5.41) is 2.09. The lowest BCUT2D eigenvalue weighted by Crippen LogP contribution is -1.56. The zero-order chi connectivity index (χ0) is 4.95. The molecule has 1 rings (SSSR count). The molecule has 0 saturated heterocycles. The van der Waals surface area contributed by atoms with Crippen molar-refractivity contribution >= 4 is 34.0 Å². The molecule has 8 heavy (non-hydrogen) atoms. The highest BCUT2D eigenvalue weighted by molar-refractivity contribution is 8.77. The standard InChI is InChI=1S/C5H6S2.ClH/c1-2-4-6-7-5-3-1;/h1-4H,5H2;1H. The smallest absolute Gasteiger partial charge is 0.0224 e. The summed E-state index contributed by atoms with van der Waals surface area (Å²) in [7, 11) is 3.65. The summed E-state index contributed by atoms with van der Waals surface area (Å²) in [6, 6.07) is 0. The molecule has 0 atom stereocenters. The maximum Gasteiger partial charge on any atom is 0.0224 e. The minimum Gasteiger partial charge on any atom is -0.147 e. The van der Waals surface area contributed by atoms with Gasteiger partial charge in [-0.2, -0.15) is 0 Å². The van der Waals surface area contributed by atoms with Crippen LogP contribution < -0.4 is 0 Å². The number of hydrogen-bond acceptors (Lipinski definition) is 2. The molecule has 1 aliphatic rings. The van der Waals surface area contributed by atoms with Crippen molar-refractivity contribution < 1.29 is 0 Å². The molecule has 0 N–H and O–H groups in total. The molecular weight excluding hydrogens is 160 g/mol. The first-order valence-corrected chi connectivity index (χ1v) is 4.48. The van der Waals surface area contributed by atoms with Gasteiger partial charge in [-0.05, 0) is 5.41 Å². The predicted octanol–water partition coefficient (Wildman–Crippen LogP) is 2.87. The van der Waals surface area contributed by atoms with E-state index in [0.717, 1.165) is 5.75 Å². The van der Waals surface area contributed by atoms with Crippen molar-refractivity contribution in [3.63, 3.8) is 0 Å². The van der Waals surface area contributed by atoms with Gasteiger partial charge in [-0.3, -0.25) is 0 Å². The van der Waals surface area contributed by atoms with Gasteiger partial charge >= 0.3 is 0 Å². The zero-order valence-corrected chi connectivity index (χ0v) is 6.69. The monoisotopic (exact) mass is 166 g/mol. The minimum absolute atomic E-state index is 0. The number of rotatable bonds is 0. The SMILES string of the molecule is C1=CCSSC=C1.Cl. The average molecular weight is 167 g/mol. The summed E-state index contributed by atoms with van der Waals surface area (Å²) in [6.07, 6.45) is 6.29. The van der Waals surface area contributed by atoms with Crippen molar-refractivity contribution in [2.45, 2.75) is 0 Å². The molecule has 0 aromatic rings. The fourth-order valence-electron chi connectivity index (χ4n) is 0.329. The molecular formula is C5H7ClS2. The van der Waals surface area contributed by atoms with E-state index in [4.69, 9.17) is 0 Å². The largest absolute Gasteiger partial charge is 0.147 e. The molecule has 0 aromatic heterocycles. The molecule has 0 amide bonds. The van der Waals surface area contributed by atoms with Crippen LogP contribution >= 0.6 is 34.0 Å². The van der Waals surface area contributed by atoms with Crippen LogP contribution in [-0.4, -0.2) is 5.75 Å². The third-order valence-corrected chi connectivity index (χ3v) is 2.50. The Morgan fingerprint density at radius 3 is 3.00 bits per heavy atom. The summed E-state index contributed by atoms with van der Waals surface area (Å²) < 4.78 is 0. The van der Waals surface area contributed by atoms with E-state index in [-0.39, 0.29) is 12.4 Å². The molecule has 0 nitrogen and oxygen atoms in total. The van der Waals surface area contributed by atoms with E-state index >= 15 is 0 Å². The molecule has 0 unspecified atom stereocenters. The summed E-state index contributed by atoms with van der Waals surface area (Å²) in [6.45, 7) is 0. The van der Waals surface area contributed by atoms with E-state index < -0.39 is 0 Å². The normalized spacial score (nSPS) is 17.0. The summed E-state index contributed by atoms with van der Waals surface area (Å²) in [5.74, 6) is 1.14. The van der Waals surface area contributed by atoms with Gasteiger partial charge < -0.3 is 0 Å². The quantitative estimate of drug-likeness (QED) is 0.508. The second-order valence-corrected chi connectivity index (χ2v) is 3.46. The van der Waals surface area contributed by atoms with Gasteiger partial charge in [0, 0.05) is 5.75 Å². The van der Waals surface area contributed by atoms with Crippen molar-refractivity contribution in [1.82, 2.24) is 0 Å². The van der Waals surface area contributed by atoms with Crippen LogP contribution in [0.1, 0.15) is 0 Å². The van der Waals surface area contributed by atoms with Gasteiger partial charge in [0.1, 0.15) is 0 Å². The molecule has 0 radical (unpaired) electrons. The highest BCUT2D eigenvalue weighted by atomic mass is 35.5. The lowest BCUT2D eigenvalue weighted by Gasteiger charge is -1.81. The first-order chi connectivity index (χ1) is 3.50. The van der Waals surface area contributed by atoms with Crippen LogP contribution in [0.4, 0.5) is 0 Å². The van der Waals surface area contributed by atoms with E-state index in [9.17, 15) is 0 Å². The first kappa shape index (κ1) is 8.47. The fourth-order valence-corrected chi connectivity index (χ4v) is 1.73. The Hall–Kier alpha value is 0.470. The van der Waals surface area contributed by atoms with Crippen molar-refractivity contribution in [2.75, 3.05) is 5.75 Å². The van der Waals surface area contributed by atoms with Crippen LogP contribution in [0.2, 0.25) is 0 Å². The third-order valence-electron chi connectivity index (χ3n) is 0.614. The van der Waals surface area contributed by atoms with Crippen LogP contribution in [-0.2, 0) is 0 Å². The number of halogens is 1. The van der Waals surface area contributed by atoms with Gasteiger partial charge in [-0.1, -0.05) is 39.8 Å². The molecule has 0 fully saturated rings. The Balaban J connectivity index is 0.000000490. The van der Waals surface area contributed by atoms with Gasteiger partial charge in [-0.15, -0.1) is 12.4 Å². The second kappa shape index (κ2) is 5.60. The van der Waals surface area contributed by atoms with Gasteiger partial charge in [0.25, 0.3) is 0 Å². The van der Waals surface area contributed by atoms with Crippen molar-refractivity contribution in [3.05, 3.63) is 23.6 Å². The van der Waals surface area contributed by atoms with Crippen LogP contribution in [0.3, 0.4) is 0 Å². The van der Waals surface area contributed by atoms with E-state index in [0.29, 0.717) is 0 Å². The fraction of sp³-hybridized carbons (Fsp3) is 0.200. The van der Waals surface area contributed by atoms with Gasteiger partial charge in [0.2, 0.25) is 0 Å². The molecule has 1 heterocycles. The molecule has 46 valence electrons. The van der Waals surface area contributed by atoms with Gasteiger partial charge in [0.05, 0.1) is 0 Å². The van der Waals surface area contributed by atoms with E-state index in [2.05, 4.69) is 23.6 Å². The van der Waals surface area contributed by atoms with Gasteiger partial charge in [0.15, 0.2) is 0 Å². The lowest BCUT2D eigenvalue weighted by molar-refractivity contribution is 1.78. The maximum absolute atomic E-state index is 2.15. The summed E-state index contributed by atoms with van der Waals surface area (Å²) in [4.78, 5) is 0. The highest BCUT2D eigenvalue weighted by Gasteiger charge is 1.82. The molecule has 0 bridgehead atoms. The Labute approximate surface area is 63.6 Å². The minimum atomic E-state index is 0. The average Bonchev–Trinajstić information content (AvgIpc) is 1.90. The Morgan fingerprint density at radius 2 is 2.12 bits per heavy atom. The molecule has 0 aromatic carbocycles. The summed E-state index contributed by atoms with van der Waals surface area (Å²) >= 11 is 0. The van der Waals surface area contributed by atoms with Crippen LogP contribution in [0.25, 0.3) is 0 Å². The first-order valence-electron chi connectivity index (χ1n) is 2.10. The molecule has 1 aliphatic heterocycles. The van der Waals surface area contributed by atoms with Crippen LogP contribution in [0.5, 0.6) is 0 Å². The highest BCUT2D eigenvalue weighted by Crippen LogP contribution is 2.23. The second-order valence-electron chi connectivity index (χ2n) is 1.14. The third kappa shape index (κ3) is 3.47. The van der Waals surface area contributed by atoms with Crippen molar-refractivity contribution in [2.24, 2.45) is 0 Å². The molecule has 0 aliphatic carbocycles. The molecule has 0 saturated carbocycles. The number of allylic oxidation sites excluding steroid dienone is 2. The van der Waals surface area contributed by atoms with E-state index in [1.54, 1.807) is 10.8 Å². The molecule has 3 heteroatoms. The van der Waals surface area contributed by atoms with Crippen molar-refractivity contribution in [1.29, 1.82) is 0 Å². The number of hydrogen-bond donors (Lipinski definition) is 0.